The van der Waals surface area contributed by atoms with Gasteiger partial charge in [-0.1, -0.05) is 45.0 Å². The van der Waals surface area contributed by atoms with Crippen LogP contribution in [0, 0.1) is 17.5 Å². The summed E-state index contributed by atoms with van der Waals surface area (Å²) in [5, 5.41) is 0. The van der Waals surface area contributed by atoms with E-state index in [0.29, 0.717) is 16.1 Å². The lowest BCUT2D eigenvalue weighted by Crippen LogP contribution is -2.11. The van der Waals surface area contributed by atoms with Gasteiger partial charge in [0.25, 0.3) is 0 Å². The van der Waals surface area contributed by atoms with Crippen LogP contribution in [0.15, 0.2) is 59.6 Å². The Bertz CT molecular complexity index is 1510. The number of halogens is 3. The number of sulfone groups is 1. The maximum absolute atomic E-state index is 15.8. The van der Waals surface area contributed by atoms with E-state index in [2.05, 4.69) is 9.97 Å². The lowest BCUT2D eigenvalue weighted by Gasteiger charge is -2.15. The van der Waals surface area contributed by atoms with Gasteiger partial charge in [-0.2, -0.15) is 0 Å². The topological polar surface area (TPSA) is 85.9 Å². The maximum Gasteiger partial charge on any atom is 0.220 e. The quantitative estimate of drug-likeness (QED) is 0.344. The molecule has 4 aromatic rings. The first-order valence-electron chi connectivity index (χ1n) is 10.6. The average Bonchev–Trinajstić information content (AvgIpc) is 3.21. The van der Waals surface area contributed by atoms with Crippen molar-refractivity contribution in [1.82, 2.24) is 9.97 Å². The van der Waals surface area contributed by atoms with Gasteiger partial charge in [-0.3, -0.25) is 0 Å². The summed E-state index contributed by atoms with van der Waals surface area (Å²) in [6, 6.07) is 10.6. The molecule has 35 heavy (non-hydrogen) atoms. The third-order valence-electron chi connectivity index (χ3n) is 5.32. The summed E-state index contributed by atoms with van der Waals surface area (Å²) >= 11 is 1.42. The van der Waals surface area contributed by atoms with Crippen LogP contribution in [0.5, 0.6) is 0 Å². The predicted octanol–water partition coefficient (Wildman–Crippen LogP) is 6.14. The zero-order valence-electron chi connectivity index (χ0n) is 19.1. The smallest absolute Gasteiger partial charge is 0.220 e. The number of hydrogen-bond donors (Lipinski definition) is 1. The van der Waals surface area contributed by atoms with Crippen molar-refractivity contribution in [2.45, 2.75) is 36.8 Å². The Balaban J connectivity index is 1.85. The van der Waals surface area contributed by atoms with Crippen molar-refractivity contribution >= 4 is 27.1 Å². The maximum atomic E-state index is 15.8. The summed E-state index contributed by atoms with van der Waals surface area (Å²) in [7, 11) is -4.51. The Hall–Kier alpha value is -3.24. The number of hydrogen-bond acceptors (Lipinski definition) is 6. The van der Waals surface area contributed by atoms with E-state index >= 15 is 4.39 Å². The van der Waals surface area contributed by atoms with Crippen molar-refractivity contribution in [1.29, 1.82) is 0 Å². The molecule has 0 bridgehead atoms. The third-order valence-corrected chi connectivity index (χ3v) is 8.61. The number of nitrogens with two attached hydrogens (primary N) is 1. The second-order valence-electron chi connectivity index (χ2n) is 8.99. The minimum Gasteiger partial charge on any atom is -0.368 e. The van der Waals surface area contributed by atoms with Crippen molar-refractivity contribution in [2.24, 2.45) is 0 Å². The third kappa shape index (κ3) is 4.94. The van der Waals surface area contributed by atoms with Gasteiger partial charge in [0.15, 0.2) is 9.84 Å². The zero-order valence-corrected chi connectivity index (χ0v) is 20.8. The highest BCUT2D eigenvalue weighted by atomic mass is 32.2. The highest BCUT2D eigenvalue weighted by Crippen LogP contribution is 2.44. The second kappa shape index (κ2) is 9.09. The summed E-state index contributed by atoms with van der Waals surface area (Å²) in [4.78, 5) is 8.69. The zero-order chi connectivity index (χ0) is 25.5. The molecule has 0 saturated heterocycles. The fourth-order valence-corrected chi connectivity index (χ4v) is 6.31. The average molecular weight is 518 g/mol. The van der Waals surface area contributed by atoms with Gasteiger partial charge in [0, 0.05) is 27.8 Å². The van der Waals surface area contributed by atoms with Gasteiger partial charge in [0.2, 0.25) is 5.95 Å². The predicted molar refractivity (Wildman–Crippen MR) is 131 cm³/mol. The van der Waals surface area contributed by atoms with Crippen molar-refractivity contribution in [3.63, 3.8) is 0 Å². The number of aromatic nitrogens is 2. The Kier molecular flexibility index (Phi) is 6.46. The molecular formula is C25H22F3N3O2S2. The van der Waals surface area contributed by atoms with Crippen LogP contribution in [0.3, 0.4) is 0 Å². The number of nitrogens with zero attached hydrogens (tertiary/aromatic N) is 2. The lowest BCUT2D eigenvalue weighted by molar-refractivity contribution is 0.518. The van der Waals surface area contributed by atoms with Crippen molar-refractivity contribution in [3.05, 3.63) is 82.6 Å². The van der Waals surface area contributed by atoms with Crippen LogP contribution in [-0.2, 0) is 21.0 Å². The largest absolute Gasteiger partial charge is 0.368 e. The van der Waals surface area contributed by atoms with Crippen molar-refractivity contribution < 1.29 is 21.6 Å². The van der Waals surface area contributed by atoms with Gasteiger partial charge >= 0.3 is 0 Å². The fraction of sp³-hybridized carbons (Fsp3) is 0.200. The number of thiophene rings is 1. The molecule has 0 saturated carbocycles. The molecule has 10 heteroatoms. The second-order valence-corrected chi connectivity index (χ2v) is 12.0. The molecule has 2 N–H and O–H groups in total. The standard InChI is InChI=1S/C25H22F3N3O2S2/c1-25(2,3)20-12-16(22(34-20)19-10-11-30-24(29)31-19)15-7-4-6-14(21(15)28)13-35(32,33)23-17(26)8-5-9-18(23)27/h4-12H,13H2,1-3H3,(H2,29,30,31). The van der Waals surface area contributed by atoms with E-state index in [1.54, 1.807) is 6.07 Å². The molecule has 0 atom stereocenters. The molecule has 0 fully saturated rings. The molecule has 182 valence electrons. The van der Waals surface area contributed by atoms with E-state index in [1.165, 1.54) is 35.7 Å². The normalized spacial score (nSPS) is 12.2. The van der Waals surface area contributed by atoms with Gasteiger partial charge in [-0.05, 0) is 29.7 Å². The SMILES string of the molecule is CC(C)(C)c1cc(-c2cccc(CS(=O)(=O)c3c(F)cccc3F)c2F)c(-c2ccnc(N)n2)s1. The molecule has 0 amide bonds. The molecule has 2 aromatic heterocycles. The lowest BCUT2D eigenvalue weighted by atomic mass is 9.92. The molecule has 5 nitrogen and oxygen atoms in total. The fourth-order valence-electron chi connectivity index (χ4n) is 3.61. The molecule has 0 aliphatic heterocycles. The molecular weight excluding hydrogens is 495 g/mol. The molecule has 0 radical (unpaired) electrons. The molecule has 2 aromatic carbocycles. The van der Waals surface area contributed by atoms with E-state index in [4.69, 9.17) is 5.73 Å². The van der Waals surface area contributed by atoms with Crippen molar-refractivity contribution in [2.75, 3.05) is 5.73 Å². The summed E-state index contributed by atoms with van der Waals surface area (Å²) in [6.45, 7) is 6.05. The van der Waals surface area contributed by atoms with Gasteiger partial charge in [-0.25, -0.2) is 31.6 Å². The Morgan fingerprint density at radius 3 is 2.26 bits per heavy atom. The minimum absolute atomic E-state index is 0.0615. The molecule has 0 unspecified atom stereocenters. The van der Waals surface area contributed by atoms with Crippen LogP contribution in [-0.4, -0.2) is 18.4 Å². The van der Waals surface area contributed by atoms with Crippen molar-refractivity contribution in [3.8, 4) is 21.7 Å². The van der Waals surface area contributed by atoms with Gasteiger partial charge < -0.3 is 5.73 Å². The van der Waals surface area contributed by atoms with Gasteiger partial charge in [0.1, 0.15) is 22.3 Å². The first-order valence-corrected chi connectivity index (χ1v) is 13.0. The highest BCUT2D eigenvalue weighted by molar-refractivity contribution is 7.90. The van der Waals surface area contributed by atoms with Crippen LogP contribution < -0.4 is 5.73 Å². The number of anilines is 1. The summed E-state index contributed by atoms with van der Waals surface area (Å²) in [6.07, 6.45) is 1.50. The van der Waals surface area contributed by atoms with E-state index in [0.717, 1.165) is 23.1 Å². The van der Waals surface area contributed by atoms with E-state index in [1.807, 2.05) is 26.8 Å². The molecule has 2 heterocycles. The van der Waals surface area contributed by atoms with E-state index in [-0.39, 0.29) is 22.5 Å². The monoisotopic (exact) mass is 517 g/mol. The van der Waals surface area contributed by atoms with Gasteiger partial charge in [-0.15, -0.1) is 11.3 Å². The van der Waals surface area contributed by atoms with Gasteiger partial charge in [0.05, 0.1) is 16.3 Å². The Morgan fingerprint density at radius 1 is 0.971 bits per heavy atom. The number of rotatable bonds is 5. The summed E-state index contributed by atoms with van der Waals surface area (Å²) < 4.78 is 69.7. The molecule has 4 rings (SSSR count). The molecule has 0 aliphatic rings. The summed E-state index contributed by atoms with van der Waals surface area (Å²) in [5.41, 5.74) is 6.45. The minimum atomic E-state index is -4.51. The Morgan fingerprint density at radius 2 is 1.63 bits per heavy atom. The number of benzene rings is 2. The van der Waals surface area contributed by atoms with Crippen LogP contribution in [0.25, 0.3) is 21.7 Å². The molecule has 0 aliphatic carbocycles. The van der Waals surface area contributed by atoms with E-state index in [9.17, 15) is 17.2 Å². The van der Waals surface area contributed by atoms with Crippen LogP contribution in [0.4, 0.5) is 19.1 Å². The Labute approximate surface area is 205 Å². The van der Waals surface area contributed by atoms with E-state index < -0.39 is 37.9 Å². The van der Waals surface area contributed by atoms with Crippen LogP contribution >= 0.6 is 11.3 Å². The van der Waals surface area contributed by atoms with Crippen LogP contribution in [0.2, 0.25) is 0 Å². The first-order chi connectivity index (χ1) is 16.4. The first kappa shape index (κ1) is 24.9. The molecule has 0 spiro atoms. The highest BCUT2D eigenvalue weighted by Gasteiger charge is 2.28. The van der Waals surface area contributed by atoms with Crippen LogP contribution in [0.1, 0.15) is 31.2 Å². The summed E-state index contributed by atoms with van der Waals surface area (Å²) in [5.74, 6) is -4.09. The number of nitrogen functional groups attached to an aromatic ring is 1.